The largest absolute Gasteiger partial charge is 0.369 e. The van der Waals surface area contributed by atoms with Crippen LogP contribution in [0.2, 0.25) is 0 Å². The molecule has 104 valence electrons. The molecule has 5 nitrogen and oxygen atoms in total. The minimum atomic E-state index is -0.115. The van der Waals surface area contributed by atoms with Crippen molar-refractivity contribution in [2.75, 3.05) is 11.9 Å². The lowest BCUT2D eigenvalue weighted by Gasteiger charge is -2.41. The number of hydrogen-bond donors (Lipinski definition) is 2. The highest BCUT2D eigenvalue weighted by Crippen LogP contribution is 2.34. The van der Waals surface area contributed by atoms with E-state index in [1.165, 1.54) is 6.42 Å². The lowest BCUT2D eigenvalue weighted by atomic mass is 9.75. The van der Waals surface area contributed by atoms with Crippen molar-refractivity contribution in [3.8, 4) is 0 Å². The molecule has 0 spiro atoms. The van der Waals surface area contributed by atoms with Gasteiger partial charge in [0, 0.05) is 12.1 Å². The zero-order chi connectivity index (χ0) is 13.7. The van der Waals surface area contributed by atoms with Crippen molar-refractivity contribution in [1.29, 1.82) is 0 Å². The second-order valence-corrected chi connectivity index (χ2v) is 5.17. The van der Waals surface area contributed by atoms with Gasteiger partial charge in [-0.3, -0.25) is 4.79 Å². The van der Waals surface area contributed by atoms with Gasteiger partial charge in [0.25, 0.3) is 5.91 Å². The molecule has 0 saturated heterocycles. The van der Waals surface area contributed by atoms with E-state index >= 15 is 0 Å². The van der Waals surface area contributed by atoms with Crippen molar-refractivity contribution in [3.05, 3.63) is 17.8 Å². The van der Waals surface area contributed by atoms with E-state index in [4.69, 9.17) is 0 Å². The van der Waals surface area contributed by atoms with Crippen molar-refractivity contribution < 1.29 is 4.79 Å². The number of hydrogen-bond acceptors (Lipinski definition) is 4. The Labute approximate surface area is 114 Å². The second kappa shape index (κ2) is 5.99. The molecule has 0 aliphatic heterocycles. The summed E-state index contributed by atoms with van der Waals surface area (Å²) in [5.74, 6) is 0.600. The Morgan fingerprint density at radius 3 is 2.58 bits per heavy atom. The van der Waals surface area contributed by atoms with E-state index in [9.17, 15) is 4.79 Å². The van der Waals surface area contributed by atoms with E-state index in [1.54, 1.807) is 12.1 Å². The molecule has 1 saturated carbocycles. The van der Waals surface area contributed by atoms with E-state index in [2.05, 4.69) is 34.7 Å². The Hall–Kier alpha value is -1.65. The average Bonchev–Trinajstić information content (AvgIpc) is 2.41. The normalized spacial score (nSPS) is 16.5. The first-order chi connectivity index (χ1) is 9.19. The summed E-state index contributed by atoms with van der Waals surface area (Å²) < 4.78 is 0. The summed E-state index contributed by atoms with van der Waals surface area (Å²) in [7, 11) is 0. The molecule has 0 atom stereocenters. The molecule has 0 aromatic carbocycles. The van der Waals surface area contributed by atoms with Crippen LogP contribution in [0.4, 0.5) is 5.82 Å². The molecular weight excluding hydrogens is 240 g/mol. The van der Waals surface area contributed by atoms with Gasteiger partial charge in [0.15, 0.2) is 5.69 Å². The molecule has 2 rings (SSSR count). The Kier molecular flexibility index (Phi) is 4.35. The van der Waals surface area contributed by atoms with Gasteiger partial charge in [-0.05, 0) is 44.2 Å². The number of amides is 1. The molecule has 1 amide bonds. The van der Waals surface area contributed by atoms with Crippen LogP contribution in [-0.2, 0) is 0 Å². The maximum atomic E-state index is 12.1. The first-order valence-electron chi connectivity index (χ1n) is 7.09. The molecule has 0 radical (unpaired) electrons. The van der Waals surface area contributed by atoms with E-state index < -0.39 is 0 Å². The average molecular weight is 262 g/mol. The molecule has 1 aliphatic carbocycles. The first-order valence-corrected chi connectivity index (χ1v) is 7.09. The number of nitrogens with zero attached hydrogens (tertiary/aromatic N) is 2. The lowest BCUT2D eigenvalue weighted by molar-refractivity contribution is 0.0814. The number of nitrogens with one attached hydrogen (secondary N) is 2. The molecule has 0 unspecified atom stereocenters. The summed E-state index contributed by atoms with van der Waals surface area (Å²) in [5, 5.41) is 14.2. The third kappa shape index (κ3) is 3.22. The highest BCUT2D eigenvalue weighted by Gasteiger charge is 2.36. The van der Waals surface area contributed by atoms with Gasteiger partial charge in [0.1, 0.15) is 5.82 Å². The van der Waals surface area contributed by atoms with Crippen molar-refractivity contribution >= 4 is 11.7 Å². The zero-order valence-corrected chi connectivity index (χ0v) is 11.7. The van der Waals surface area contributed by atoms with Gasteiger partial charge >= 0.3 is 0 Å². The van der Waals surface area contributed by atoms with E-state index in [0.29, 0.717) is 11.5 Å². The number of anilines is 1. The van der Waals surface area contributed by atoms with Crippen LogP contribution in [-0.4, -0.2) is 28.2 Å². The SMILES string of the molecule is CCCNc1ccc(C(=O)NC2(CC)CCC2)nn1. The van der Waals surface area contributed by atoms with Crippen LogP contribution in [0.15, 0.2) is 12.1 Å². The Bertz CT molecular complexity index is 420. The van der Waals surface area contributed by atoms with Crippen LogP contribution in [0.25, 0.3) is 0 Å². The highest BCUT2D eigenvalue weighted by molar-refractivity contribution is 5.92. The summed E-state index contributed by atoms with van der Waals surface area (Å²) in [5.41, 5.74) is 0.388. The molecule has 1 aromatic rings. The summed E-state index contributed by atoms with van der Waals surface area (Å²) >= 11 is 0. The fourth-order valence-electron chi connectivity index (χ4n) is 2.28. The molecule has 2 N–H and O–H groups in total. The Morgan fingerprint density at radius 1 is 1.32 bits per heavy atom. The number of carbonyl (C=O) groups is 1. The number of aromatic nitrogens is 2. The quantitative estimate of drug-likeness (QED) is 0.826. The van der Waals surface area contributed by atoms with Gasteiger partial charge in [-0.25, -0.2) is 0 Å². The van der Waals surface area contributed by atoms with Crippen LogP contribution < -0.4 is 10.6 Å². The van der Waals surface area contributed by atoms with E-state index in [1.807, 2.05) is 0 Å². The summed E-state index contributed by atoms with van der Waals surface area (Å²) in [6.45, 7) is 5.06. The van der Waals surface area contributed by atoms with Crippen molar-refractivity contribution in [2.24, 2.45) is 0 Å². The predicted molar refractivity (Wildman–Crippen MR) is 75.2 cm³/mol. The topological polar surface area (TPSA) is 66.9 Å². The summed E-state index contributed by atoms with van der Waals surface area (Å²) in [6.07, 6.45) is 5.34. The first kappa shape index (κ1) is 13.8. The molecule has 19 heavy (non-hydrogen) atoms. The standard InChI is InChI=1S/C14H22N4O/c1-3-10-15-12-7-6-11(17-18-12)13(19)16-14(4-2)8-5-9-14/h6-7H,3-5,8-10H2,1-2H3,(H,15,18)(H,16,19). The van der Waals surface area contributed by atoms with Crippen LogP contribution >= 0.6 is 0 Å². The lowest BCUT2D eigenvalue weighted by Crippen LogP contribution is -2.53. The van der Waals surface area contributed by atoms with Gasteiger partial charge < -0.3 is 10.6 Å². The maximum absolute atomic E-state index is 12.1. The number of rotatable bonds is 6. The van der Waals surface area contributed by atoms with Crippen LogP contribution in [0.1, 0.15) is 56.4 Å². The van der Waals surface area contributed by atoms with Crippen LogP contribution in [0.5, 0.6) is 0 Å². The van der Waals surface area contributed by atoms with E-state index in [-0.39, 0.29) is 11.4 Å². The van der Waals surface area contributed by atoms with Crippen molar-refractivity contribution in [2.45, 2.75) is 51.5 Å². The summed E-state index contributed by atoms with van der Waals surface area (Å²) in [6, 6.07) is 3.53. The van der Waals surface area contributed by atoms with Gasteiger partial charge in [-0.2, -0.15) is 0 Å². The maximum Gasteiger partial charge on any atom is 0.272 e. The van der Waals surface area contributed by atoms with Gasteiger partial charge in [-0.15, -0.1) is 10.2 Å². The third-order valence-corrected chi connectivity index (χ3v) is 3.82. The van der Waals surface area contributed by atoms with E-state index in [0.717, 1.165) is 32.2 Å². The van der Waals surface area contributed by atoms with Crippen LogP contribution in [0.3, 0.4) is 0 Å². The Morgan fingerprint density at radius 2 is 2.11 bits per heavy atom. The highest BCUT2D eigenvalue weighted by atomic mass is 16.2. The fraction of sp³-hybridized carbons (Fsp3) is 0.643. The molecule has 1 aliphatic rings. The van der Waals surface area contributed by atoms with Crippen LogP contribution in [0, 0.1) is 0 Å². The minimum Gasteiger partial charge on any atom is -0.369 e. The van der Waals surface area contributed by atoms with Gasteiger partial charge in [-0.1, -0.05) is 13.8 Å². The molecular formula is C14H22N4O. The van der Waals surface area contributed by atoms with Crippen molar-refractivity contribution in [1.82, 2.24) is 15.5 Å². The zero-order valence-electron chi connectivity index (χ0n) is 11.7. The monoisotopic (exact) mass is 262 g/mol. The van der Waals surface area contributed by atoms with Gasteiger partial charge in [0.2, 0.25) is 0 Å². The smallest absolute Gasteiger partial charge is 0.272 e. The molecule has 1 heterocycles. The molecule has 1 aromatic heterocycles. The minimum absolute atomic E-state index is 0.00209. The summed E-state index contributed by atoms with van der Waals surface area (Å²) in [4.78, 5) is 12.1. The van der Waals surface area contributed by atoms with Crippen molar-refractivity contribution in [3.63, 3.8) is 0 Å². The van der Waals surface area contributed by atoms with Gasteiger partial charge in [0.05, 0.1) is 0 Å². The molecule has 0 bridgehead atoms. The fourth-order valence-corrected chi connectivity index (χ4v) is 2.28. The third-order valence-electron chi connectivity index (χ3n) is 3.82. The second-order valence-electron chi connectivity index (χ2n) is 5.17. The number of carbonyl (C=O) groups excluding carboxylic acids is 1. The molecule has 5 heteroatoms. The molecule has 1 fully saturated rings. The predicted octanol–water partition coefficient (Wildman–Crippen LogP) is 2.36. The Balaban J connectivity index is 1.95.